The first kappa shape index (κ1) is 13.9. The Balaban J connectivity index is 2.71. The number of hydrogen-bond donors (Lipinski definition) is 1. The fourth-order valence-electron chi connectivity index (χ4n) is 1.92. The Hall–Kier alpha value is -0.123. The van der Waals surface area contributed by atoms with Crippen LogP contribution in [0.3, 0.4) is 0 Å². The zero-order valence-electron chi connectivity index (χ0n) is 11.3. The van der Waals surface area contributed by atoms with E-state index in [0.717, 1.165) is 18.4 Å². The van der Waals surface area contributed by atoms with E-state index in [0.29, 0.717) is 0 Å². The first-order chi connectivity index (χ1) is 7.19. The van der Waals surface area contributed by atoms with Crippen molar-refractivity contribution in [3.05, 3.63) is 12.2 Å². The van der Waals surface area contributed by atoms with E-state index in [4.69, 9.17) is 4.43 Å². The zero-order valence-corrected chi connectivity index (χ0v) is 12.3. The minimum atomic E-state index is -1.71. The van der Waals surface area contributed by atoms with Gasteiger partial charge in [-0.1, -0.05) is 32.9 Å². The lowest BCUT2D eigenvalue weighted by molar-refractivity contribution is 0.110. The van der Waals surface area contributed by atoms with Gasteiger partial charge in [0.2, 0.25) is 0 Å². The van der Waals surface area contributed by atoms with Crippen LogP contribution in [0.5, 0.6) is 0 Å². The number of rotatable bonds is 3. The Kier molecular flexibility index (Phi) is 4.03. The van der Waals surface area contributed by atoms with Crippen LogP contribution in [-0.4, -0.2) is 26.1 Å². The average molecular weight is 242 g/mol. The first-order valence-corrected chi connectivity index (χ1v) is 9.06. The monoisotopic (exact) mass is 242 g/mol. The molecular weight excluding hydrogens is 216 g/mol. The van der Waals surface area contributed by atoms with Gasteiger partial charge in [-0.25, -0.2) is 0 Å². The molecule has 1 aliphatic carbocycles. The summed E-state index contributed by atoms with van der Waals surface area (Å²) < 4.78 is 6.36. The van der Waals surface area contributed by atoms with Gasteiger partial charge in [0.25, 0.3) is 0 Å². The minimum absolute atomic E-state index is 0.161. The Morgan fingerprint density at radius 3 is 2.44 bits per heavy atom. The Labute approximate surface area is 101 Å². The molecule has 0 spiro atoms. The molecule has 94 valence electrons. The van der Waals surface area contributed by atoms with Gasteiger partial charge in [0.1, 0.15) is 0 Å². The summed E-state index contributed by atoms with van der Waals surface area (Å²) in [6.45, 7) is 15.5. The van der Waals surface area contributed by atoms with Gasteiger partial charge in [-0.15, -0.1) is 0 Å². The average Bonchev–Trinajstić information content (AvgIpc) is 2.44. The van der Waals surface area contributed by atoms with E-state index in [1.165, 1.54) is 0 Å². The molecule has 0 aromatic heterocycles. The van der Waals surface area contributed by atoms with Gasteiger partial charge in [0.15, 0.2) is 8.32 Å². The molecule has 0 aromatic rings. The van der Waals surface area contributed by atoms with Crippen LogP contribution in [0.25, 0.3) is 0 Å². The summed E-state index contributed by atoms with van der Waals surface area (Å²) >= 11 is 0. The van der Waals surface area contributed by atoms with Crippen molar-refractivity contribution in [1.82, 2.24) is 0 Å². The van der Waals surface area contributed by atoms with Crippen molar-refractivity contribution >= 4 is 8.32 Å². The van der Waals surface area contributed by atoms with E-state index in [-0.39, 0.29) is 23.7 Å². The number of aliphatic hydroxyl groups is 1. The van der Waals surface area contributed by atoms with Crippen LogP contribution in [0, 0.1) is 5.92 Å². The van der Waals surface area contributed by atoms with Crippen LogP contribution in [0.1, 0.15) is 33.6 Å². The van der Waals surface area contributed by atoms with E-state index in [2.05, 4.69) is 40.4 Å². The maximum Gasteiger partial charge on any atom is 0.192 e. The molecule has 3 heteroatoms. The molecule has 2 nitrogen and oxygen atoms in total. The van der Waals surface area contributed by atoms with Gasteiger partial charge >= 0.3 is 0 Å². The molecule has 0 unspecified atom stereocenters. The fraction of sp³-hybridized carbons (Fsp3) is 0.846. The van der Waals surface area contributed by atoms with Crippen molar-refractivity contribution in [2.75, 3.05) is 6.61 Å². The van der Waals surface area contributed by atoms with Gasteiger partial charge in [-0.05, 0) is 31.0 Å². The molecule has 1 fully saturated rings. The lowest BCUT2D eigenvalue weighted by Gasteiger charge is -2.39. The molecule has 16 heavy (non-hydrogen) atoms. The third-order valence-electron chi connectivity index (χ3n) is 4.17. The predicted molar refractivity (Wildman–Crippen MR) is 71.0 cm³/mol. The molecule has 1 aliphatic rings. The van der Waals surface area contributed by atoms with Crippen molar-refractivity contribution < 1.29 is 9.53 Å². The molecule has 0 aromatic carbocycles. The van der Waals surface area contributed by atoms with Crippen molar-refractivity contribution in [2.45, 2.75) is 57.8 Å². The summed E-state index contributed by atoms with van der Waals surface area (Å²) in [6, 6.07) is 0. The maximum atomic E-state index is 9.38. The molecule has 0 amide bonds. The van der Waals surface area contributed by atoms with Gasteiger partial charge in [0, 0.05) is 5.92 Å². The molecule has 0 saturated heterocycles. The summed E-state index contributed by atoms with van der Waals surface area (Å²) in [6.07, 6.45) is 2.22. The SMILES string of the molecule is C=C1CC[C@H](O[Si](C)(C)C(C)(C)C)[C@H]1CO. The van der Waals surface area contributed by atoms with Crippen LogP contribution in [0.2, 0.25) is 18.1 Å². The van der Waals surface area contributed by atoms with E-state index in [1.807, 2.05) is 0 Å². The normalized spacial score (nSPS) is 27.5. The Morgan fingerprint density at radius 2 is 2.00 bits per heavy atom. The maximum absolute atomic E-state index is 9.38. The molecule has 2 atom stereocenters. The standard InChI is InChI=1S/C13H26O2Si/c1-10-7-8-12(11(10)9-14)15-16(5,6)13(2,3)4/h11-12,14H,1,7-9H2,2-6H3/t11-,12-/m0/s1. The highest BCUT2D eigenvalue weighted by Crippen LogP contribution is 2.41. The summed E-state index contributed by atoms with van der Waals surface area (Å²) in [5.74, 6) is 0.161. The first-order valence-electron chi connectivity index (χ1n) is 6.15. The third-order valence-corrected chi connectivity index (χ3v) is 8.68. The molecule has 0 aliphatic heterocycles. The lowest BCUT2D eigenvalue weighted by atomic mass is 10.0. The van der Waals surface area contributed by atoms with E-state index in [9.17, 15) is 5.11 Å². The van der Waals surface area contributed by atoms with Crippen molar-refractivity contribution in [2.24, 2.45) is 5.92 Å². The van der Waals surface area contributed by atoms with Crippen LogP contribution in [0.4, 0.5) is 0 Å². The Bertz CT molecular complexity index is 266. The molecule has 0 heterocycles. The molecule has 1 rings (SSSR count). The lowest BCUT2D eigenvalue weighted by Crippen LogP contribution is -2.45. The van der Waals surface area contributed by atoms with Gasteiger partial charge in [-0.3, -0.25) is 0 Å². The Morgan fingerprint density at radius 1 is 1.44 bits per heavy atom. The molecule has 1 N–H and O–H groups in total. The quantitative estimate of drug-likeness (QED) is 0.607. The van der Waals surface area contributed by atoms with Crippen LogP contribution in [0.15, 0.2) is 12.2 Å². The van der Waals surface area contributed by atoms with E-state index in [1.54, 1.807) is 0 Å². The van der Waals surface area contributed by atoms with E-state index < -0.39 is 8.32 Å². The largest absolute Gasteiger partial charge is 0.413 e. The van der Waals surface area contributed by atoms with Gasteiger partial charge in [-0.2, -0.15) is 0 Å². The van der Waals surface area contributed by atoms with Crippen LogP contribution >= 0.6 is 0 Å². The molecule has 0 bridgehead atoms. The van der Waals surface area contributed by atoms with Crippen molar-refractivity contribution in [3.8, 4) is 0 Å². The van der Waals surface area contributed by atoms with Crippen LogP contribution < -0.4 is 0 Å². The summed E-state index contributed by atoms with van der Waals surface area (Å²) in [7, 11) is -1.71. The van der Waals surface area contributed by atoms with Gasteiger partial charge < -0.3 is 9.53 Å². The topological polar surface area (TPSA) is 29.5 Å². The third kappa shape index (κ3) is 2.76. The predicted octanol–water partition coefficient (Wildman–Crippen LogP) is 3.34. The number of hydrogen-bond acceptors (Lipinski definition) is 2. The van der Waals surface area contributed by atoms with Gasteiger partial charge in [0.05, 0.1) is 12.7 Å². The van der Waals surface area contributed by atoms with Crippen molar-refractivity contribution in [3.63, 3.8) is 0 Å². The molecule has 1 saturated carbocycles. The number of aliphatic hydroxyl groups excluding tert-OH is 1. The fourth-order valence-corrected chi connectivity index (χ4v) is 3.31. The van der Waals surface area contributed by atoms with E-state index >= 15 is 0 Å². The molecule has 0 radical (unpaired) electrons. The minimum Gasteiger partial charge on any atom is -0.413 e. The highest BCUT2D eigenvalue weighted by molar-refractivity contribution is 6.74. The van der Waals surface area contributed by atoms with Crippen molar-refractivity contribution in [1.29, 1.82) is 0 Å². The second-order valence-electron chi connectivity index (χ2n) is 6.40. The second kappa shape index (κ2) is 4.63. The smallest absolute Gasteiger partial charge is 0.192 e. The van der Waals surface area contributed by atoms with Crippen LogP contribution in [-0.2, 0) is 4.43 Å². The summed E-state index contributed by atoms with van der Waals surface area (Å²) in [5.41, 5.74) is 1.16. The zero-order chi connectivity index (χ0) is 12.6. The summed E-state index contributed by atoms with van der Waals surface area (Å²) in [4.78, 5) is 0. The highest BCUT2D eigenvalue weighted by atomic mass is 28.4. The summed E-state index contributed by atoms with van der Waals surface area (Å²) in [5, 5.41) is 9.61. The molecular formula is C13H26O2Si. The highest BCUT2D eigenvalue weighted by Gasteiger charge is 2.42. The second-order valence-corrected chi connectivity index (χ2v) is 11.2.